The summed E-state index contributed by atoms with van der Waals surface area (Å²) in [5, 5.41) is 4.00. The van der Waals surface area contributed by atoms with E-state index in [-0.39, 0.29) is 17.2 Å². The number of carbonyl (C=O) groups excluding carboxylic acids is 1. The Balaban J connectivity index is 2.02. The first-order chi connectivity index (χ1) is 13.5. The fourth-order valence-electron chi connectivity index (χ4n) is 3.10. The van der Waals surface area contributed by atoms with Crippen molar-refractivity contribution in [3.63, 3.8) is 0 Å². The van der Waals surface area contributed by atoms with Crippen LogP contribution >= 0.6 is 11.8 Å². The van der Waals surface area contributed by atoms with Gasteiger partial charge in [-0.25, -0.2) is 4.98 Å². The molecule has 3 rings (SSSR count). The maximum atomic E-state index is 13.2. The van der Waals surface area contributed by atoms with Gasteiger partial charge in [0.25, 0.3) is 5.56 Å². The Morgan fingerprint density at radius 1 is 1.14 bits per heavy atom. The molecule has 3 aromatic rings. The summed E-state index contributed by atoms with van der Waals surface area (Å²) in [6.45, 7) is 6.77. The number of nitrogens with zero attached hydrogens (tertiary/aromatic N) is 2. The number of aromatic nitrogens is 2. The van der Waals surface area contributed by atoms with Crippen LogP contribution in [0.4, 0.5) is 0 Å². The summed E-state index contributed by atoms with van der Waals surface area (Å²) in [6.07, 6.45) is 1.99. The van der Waals surface area contributed by atoms with Gasteiger partial charge in [0.05, 0.1) is 22.3 Å². The van der Waals surface area contributed by atoms with Crippen LogP contribution in [-0.2, 0) is 4.79 Å². The fourth-order valence-corrected chi connectivity index (χ4v) is 3.94. The first-order valence-electron chi connectivity index (χ1n) is 9.49. The number of hydrogen-bond donors (Lipinski definition) is 1. The monoisotopic (exact) mass is 395 g/mol. The molecular formula is C22H25N3O2S. The van der Waals surface area contributed by atoms with Crippen LogP contribution in [0.2, 0.25) is 0 Å². The Morgan fingerprint density at radius 2 is 1.86 bits per heavy atom. The minimum atomic E-state index is -0.121. The maximum Gasteiger partial charge on any atom is 0.266 e. The highest BCUT2D eigenvalue weighted by Crippen LogP contribution is 2.22. The highest BCUT2D eigenvalue weighted by molar-refractivity contribution is 7.99. The molecule has 0 aliphatic heterocycles. The third-order valence-corrected chi connectivity index (χ3v) is 5.33. The van der Waals surface area contributed by atoms with Crippen LogP contribution in [0.3, 0.4) is 0 Å². The van der Waals surface area contributed by atoms with E-state index in [0.717, 1.165) is 29.7 Å². The average molecular weight is 396 g/mol. The second-order valence-electron chi connectivity index (χ2n) is 6.89. The number of nitrogens with one attached hydrogen (secondary N) is 1. The van der Waals surface area contributed by atoms with Gasteiger partial charge in [-0.3, -0.25) is 14.2 Å². The van der Waals surface area contributed by atoms with Gasteiger partial charge in [0.2, 0.25) is 5.91 Å². The van der Waals surface area contributed by atoms with Crippen molar-refractivity contribution in [2.45, 2.75) is 38.8 Å². The molecule has 1 amide bonds. The van der Waals surface area contributed by atoms with Gasteiger partial charge in [0.15, 0.2) is 5.16 Å². The molecule has 0 saturated heterocycles. The molecule has 0 bridgehead atoms. The van der Waals surface area contributed by atoms with E-state index in [0.29, 0.717) is 22.6 Å². The predicted molar refractivity (Wildman–Crippen MR) is 115 cm³/mol. The highest BCUT2D eigenvalue weighted by Gasteiger charge is 2.15. The third-order valence-electron chi connectivity index (χ3n) is 4.39. The summed E-state index contributed by atoms with van der Waals surface area (Å²) >= 11 is 1.29. The molecule has 0 fully saturated rings. The molecule has 1 heterocycles. The number of hydrogen-bond acceptors (Lipinski definition) is 4. The standard InChI is InChI=1S/C22H25N3O2S/c1-4-5-10-23-20(26)14-28-22-24-19-9-7-6-8-18(19)21(27)25(22)17-12-15(2)11-16(3)13-17/h6-9,11-13H,4-5,10,14H2,1-3H3,(H,23,26). The molecule has 2 aromatic carbocycles. The lowest BCUT2D eigenvalue weighted by atomic mass is 10.1. The summed E-state index contributed by atoms with van der Waals surface area (Å²) < 4.78 is 1.62. The highest BCUT2D eigenvalue weighted by atomic mass is 32.2. The van der Waals surface area contributed by atoms with E-state index in [1.807, 2.05) is 44.2 Å². The fraction of sp³-hybridized carbons (Fsp3) is 0.318. The van der Waals surface area contributed by atoms with E-state index in [2.05, 4.69) is 23.3 Å². The van der Waals surface area contributed by atoms with Crippen molar-refractivity contribution in [1.82, 2.24) is 14.9 Å². The zero-order chi connectivity index (χ0) is 20.1. The lowest BCUT2D eigenvalue weighted by Gasteiger charge is -2.14. The summed E-state index contributed by atoms with van der Waals surface area (Å²) in [7, 11) is 0. The van der Waals surface area contributed by atoms with Gasteiger partial charge in [0.1, 0.15) is 0 Å². The topological polar surface area (TPSA) is 64.0 Å². The molecule has 0 spiro atoms. The van der Waals surface area contributed by atoms with E-state index in [4.69, 9.17) is 0 Å². The normalized spacial score (nSPS) is 11.0. The zero-order valence-electron chi connectivity index (χ0n) is 16.5. The molecular weight excluding hydrogens is 370 g/mol. The predicted octanol–water partition coefficient (Wildman–Crippen LogP) is 4.01. The summed E-state index contributed by atoms with van der Waals surface area (Å²) in [5.41, 5.74) is 3.44. The number of rotatable bonds is 7. The van der Waals surface area contributed by atoms with Gasteiger partial charge in [0, 0.05) is 6.54 Å². The summed E-state index contributed by atoms with van der Waals surface area (Å²) in [6, 6.07) is 13.3. The number of carbonyl (C=O) groups is 1. The minimum Gasteiger partial charge on any atom is -0.355 e. The van der Waals surface area contributed by atoms with Crippen LogP contribution in [0.15, 0.2) is 52.4 Å². The molecule has 0 unspecified atom stereocenters. The summed E-state index contributed by atoms with van der Waals surface area (Å²) in [4.78, 5) is 30.1. The molecule has 0 aliphatic carbocycles. The Kier molecular flexibility index (Phi) is 6.52. The second kappa shape index (κ2) is 9.06. The van der Waals surface area contributed by atoms with Crippen LogP contribution in [0.25, 0.3) is 16.6 Å². The quantitative estimate of drug-likeness (QED) is 0.373. The Hall–Kier alpha value is -2.60. The molecule has 6 heteroatoms. The van der Waals surface area contributed by atoms with E-state index in [1.165, 1.54) is 11.8 Å². The number of para-hydroxylation sites is 1. The van der Waals surface area contributed by atoms with Crippen LogP contribution < -0.4 is 10.9 Å². The van der Waals surface area contributed by atoms with Gasteiger partial charge >= 0.3 is 0 Å². The van der Waals surface area contributed by atoms with E-state index >= 15 is 0 Å². The van der Waals surface area contributed by atoms with Crippen molar-refractivity contribution in [2.75, 3.05) is 12.3 Å². The first-order valence-corrected chi connectivity index (χ1v) is 10.5. The molecule has 1 aromatic heterocycles. The smallest absolute Gasteiger partial charge is 0.266 e. The molecule has 0 atom stereocenters. The Labute approximate surface area is 169 Å². The largest absolute Gasteiger partial charge is 0.355 e. The zero-order valence-corrected chi connectivity index (χ0v) is 17.3. The number of thioether (sulfide) groups is 1. The van der Waals surface area contributed by atoms with Crippen LogP contribution in [0.1, 0.15) is 30.9 Å². The lowest BCUT2D eigenvalue weighted by Crippen LogP contribution is -2.27. The number of aryl methyl sites for hydroxylation is 2. The second-order valence-corrected chi connectivity index (χ2v) is 7.83. The molecule has 28 heavy (non-hydrogen) atoms. The molecule has 0 saturated carbocycles. The van der Waals surface area contributed by atoms with Crippen molar-refractivity contribution in [1.29, 1.82) is 0 Å². The number of benzene rings is 2. The molecule has 1 N–H and O–H groups in total. The number of fused-ring (bicyclic) bond motifs is 1. The number of unbranched alkanes of at least 4 members (excludes halogenated alkanes) is 1. The minimum absolute atomic E-state index is 0.0483. The molecule has 146 valence electrons. The van der Waals surface area contributed by atoms with Crippen LogP contribution in [0, 0.1) is 13.8 Å². The van der Waals surface area contributed by atoms with Crippen molar-refractivity contribution in [3.05, 3.63) is 63.9 Å². The van der Waals surface area contributed by atoms with Crippen LogP contribution in [0.5, 0.6) is 0 Å². The van der Waals surface area contributed by atoms with Crippen molar-refractivity contribution < 1.29 is 4.79 Å². The Morgan fingerprint density at radius 3 is 2.57 bits per heavy atom. The van der Waals surface area contributed by atoms with Crippen molar-refractivity contribution in [2.24, 2.45) is 0 Å². The van der Waals surface area contributed by atoms with Gasteiger partial charge in [-0.15, -0.1) is 0 Å². The van der Waals surface area contributed by atoms with Crippen molar-refractivity contribution in [3.8, 4) is 5.69 Å². The van der Waals surface area contributed by atoms with E-state index in [1.54, 1.807) is 10.6 Å². The number of amides is 1. The maximum absolute atomic E-state index is 13.2. The van der Waals surface area contributed by atoms with Crippen LogP contribution in [-0.4, -0.2) is 27.8 Å². The molecule has 0 radical (unpaired) electrons. The van der Waals surface area contributed by atoms with Gasteiger partial charge in [-0.2, -0.15) is 0 Å². The van der Waals surface area contributed by atoms with Gasteiger partial charge in [-0.05, 0) is 55.7 Å². The molecule has 0 aliphatic rings. The SMILES string of the molecule is CCCCNC(=O)CSc1nc2ccccc2c(=O)n1-c1cc(C)cc(C)c1. The Bertz CT molecular complexity index is 1040. The van der Waals surface area contributed by atoms with E-state index in [9.17, 15) is 9.59 Å². The average Bonchev–Trinajstić information content (AvgIpc) is 2.66. The third kappa shape index (κ3) is 4.62. The van der Waals surface area contributed by atoms with Gasteiger partial charge in [-0.1, -0.05) is 43.3 Å². The van der Waals surface area contributed by atoms with E-state index < -0.39 is 0 Å². The summed E-state index contributed by atoms with van der Waals surface area (Å²) in [5.74, 6) is 0.173. The first kappa shape index (κ1) is 20.1. The van der Waals surface area contributed by atoms with Gasteiger partial charge < -0.3 is 5.32 Å². The molecule has 5 nitrogen and oxygen atoms in total. The lowest BCUT2D eigenvalue weighted by molar-refractivity contribution is -0.118. The van der Waals surface area contributed by atoms with Crippen molar-refractivity contribution >= 4 is 28.6 Å².